The van der Waals surface area contributed by atoms with Crippen molar-refractivity contribution < 1.29 is 23.1 Å². The predicted molar refractivity (Wildman–Crippen MR) is 64.1 cm³/mol. The maximum absolute atomic E-state index is 11.8. The van der Waals surface area contributed by atoms with Crippen molar-refractivity contribution in [3.8, 4) is 0 Å². The molecule has 0 unspecified atom stereocenters. The smallest absolute Gasteiger partial charge is 0.335 e. The highest BCUT2D eigenvalue weighted by Crippen LogP contribution is 2.13. The molecule has 0 aliphatic heterocycles. The summed E-state index contributed by atoms with van der Waals surface area (Å²) in [5, 5.41) is 11.0. The van der Waals surface area contributed by atoms with Gasteiger partial charge in [0.25, 0.3) is 0 Å². The molecular weight excluding hydrogens is 258 g/mol. The van der Waals surface area contributed by atoms with E-state index in [9.17, 15) is 18.0 Å². The van der Waals surface area contributed by atoms with Crippen LogP contribution in [-0.4, -0.2) is 38.2 Å². The molecule has 0 spiro atoms. The highest BCUT2D eigenvalue weighted by Gasteiger charge is 2.16. The number of carbonyl (C=O) groups is 2. The highest BCUT2D eigenvalue weighted by atomic mass is 32.2. The summed E-state index contributed by atoms with van der Waals surface area (Å²) in [7, 11) is -2.13. The summed E-state index contributed by atoms with van der Waals surface area (Å²) >= 11 is 0. The van der Waals surface area contributed by atoms with Gasteiger partial charge in [-0.3, -0.25) is 4.79 Å². The van der Waals surface area contributed by atoms with Crippen molar-refractivity contribution in [3.05, 3.63) is 29.8 Å². The molecule has 0 heterocycles. The summed E-state index contributed by atoms with van der Waals surface area (Å²) < 4.78 is 23.6. The molecule has 0 saturated heterocycles. The lowest BCUT2D eigenvalue weighted by molar-refractivity contribution is -0.120. The summed E-state index contributed by atoms with van der Waals surface area (Å²) in [6, 6.07) is 4.88. The first-order chi connectivity index (χ1) is 8.36. The maximum Gasteiger partial charge on any atom is 0.335 e. The molecule has 0 aliphatic carbocycles. The van der Waals surface area contributed by atoms with Gasteiger partial charge in [0.1, 0.15) is 0 Å². The van der Waals surface area contributed by atoms with E-state index in [0.717, 1.165) is 0 Å². The third kappa shape index (κ3) is 3.56. The van der Waals surface area contributed by atoms with Crippen molar-refractivity contribution in [1.82, 2.24) is 5.32 Å². The van der Waals surface area contributed by atoms with Crippen LogP contribution >= 0.6 is 0 Å². The standard InChI is InChI=1S/C11H13NO5S/c1-12-10(13)6-7-18(16,17)9-4-2-8(3-5-9)11(14)15/h2-5H,6-7H2,1H3,(H,12,13)(H,14,15). The first-order valence-corrected chi connectivity index (χ1v) is 6.79. The molecule has 0 atom stereocenters. The van der Waals surface area contributed by atoms with Crippen molar-refractivity contribution in [3.63, 3.8) is 0 Å². The monoisotopic (exact) mass is 271 g/mol. The number of carboxylic acid groups (broad SMARTS) is 1. The second-order valence-corrected chi connectivity index (χ2v) is 5.68. The molecule has 2 N–H and O–H groups in total. The van der Waals surface area contributed by atoms with Crippen LogP contribution in [0, 0.1) is 0 Å². The zero-order valence-electron chi connectivity index (χ0n) is 9.71. The van der Waals surface area contributed by atoms with Crippen molar-refractivity contribution >= 4 is 21.7 Å². The minimum atomic E-state index is -3.56. The van der Waals surface area contributed by atoms with Crippen molar-refractivity contribution in [2.24, 2.45) is 0 Å². The Morgan fingerprint density at radius 2 is 1.78 bits per heavy atom. The number of nitrogens with one attached hydrogen (secondary N) is 1. The third-order valence-corrected chi connectivity index (χ3v) is 4.07. The maximum atomic E-state index is 11.8. The van der Waals surface area contributed by atoms with E-state index in [2.05, 4.69) is 5.32 Å². The Morgan fingerprint density at radius 3 is 2.22 bits per heavy atom. The molecule has 0 radical (unpaired) electrons. The van der Waals surface area contributed by atoms with Crippen LogP contribution in [0.15, 0.2) is 29.2 Å². The van der Waals surface area contributed by atoms with Gasteiger partial charge < -0.3 is 10.4 Å². The number of carboxylic acids is 1. The molecule has 0 bridgehead atoms. The lowest BCUT2D eigenvalue weighted by atomic mass is 10.2. The van der Waals surface area contributed by atoms with Crippen LogP contribution in [-0.2, 0) is 14.6 Å². The van der Waals surface area contributed by atoms with Gasteiger partial charge in [0.2, 0.25) is 5.91 Å². The van der Waals surface area contributed by atoms with Gasteiger partial charge in [0.05, 0.1) is 16.2 Å². The summed E-state index contributed by atoms with van der Waals surface area (Å²) in [6.45, 7) is 0. The van der Waals surface area contributed by atoms with Crippen molar-refractivity contribution in [2.45, 2.75) is 11.3 Å². The van der Waals surface area contributed by atoms with E-state index in [0.29, 0.717) is 0 Å². The van der Waals surface area contributed by atoms with E-state index in [1.807, 2.05) is 0 Å². The Labute approximate surface area is 105 Å². The largest absolute Gasteiger partial charge is 0.478 e. The number of carbonyl (C=O) groups excluding carboxylic acids is 1. The molecule has 1 aromatic carbocycles. The summed E-state index contributed by atoms with van der Waals surface area (Å²) in [4.78, 5) is 21.6. The molecule has 0 aliphatic rings. The summed E-state index contributed by atoms with van der Waals surface area (Å²) in [6.07, 6.45) is -0.125. The van der Waals surface area contributed by atoms with Gasteiger partial charge in [-0.1, -0.05) is 0 Å². The fraction of sp³-hybridized carbons (Fsp3) is 0.273. The number of amides is 1. The summed E-state index contributed by atoms with van der Waals surface area (Å²) in [5.74, 6) is -1.79. The molecule has 7 heteroatoms. The van der Waals surface area contributed by atoms with Gasteiger partial charge in [-0.2, -0.15) is 0 Å². The van der Waals surface area contributed by atoms with Crippen LogP contribution < -0.4 is 5.32 Å². The molecule has 0 saturated carbocycles. The van der Waals surface area contributed by atoms with Gasteiger partial charge in [0, 0.05) is 13.5 Å². The lowest BCUT2D eigenvalue weighted by Crippen LogP contribution is -2.21. The zero-order valence-corrected chi connectivity index (χ0v) is 10.5. The SMILES string of the molecule is CNC(=O)CCS(=O)(=O)c1ccc(C(=O)O)cc1. The normalized spacial score (nSPS) is 10.9. The summed E-state index contributed by atoms with van der Waals surface area (Å²) in [5.41, 5.74) is 0.0141. The van der Waals surface area contributed by atoms with E-state index in [-0.39, 0.29) is 28.5 Å². The van der Waals surface area contributed by atoms with E-state index < -0.39 is 15.8 Å². The Kier molecular flexibility index (Phi) is 4.43. The third-order valence-electron chi connectivity index (χ3n) is 2.34. The van der Waals surface area contributed by atoms with Gasteiger partial charge in [-0.25, -0.2) is 13.2 Å². The number of benzene rings is 1. The van der Waals surface area contributed by atoms with Crippen LogP contribution in [0.5, 0.6) is 0 Å². The lowest BCUT2D eigenvalue weighted by Gasteiger charge is -2.04. The molecule has 18 heavy (non-hydrogen) atoms. The second-order valence-electron chi connectivity index (χ2n) is 3.57. The quantitative estimate of drug-likeness (QED) is 0.802. The number of sulfone groups is 1. The molecule has 1 rings (SSSR count). The Hall–Kier alpha value is -1.89. The van der Waals surface area contributed by atoms with Crippen LogP contribution in [0.25, 0.3) is 0 Å². The Morgan fingerprint density at radius 1 is 1.22 bits per heavy atom. The van der Waals surface area contributed by atoms with Crippen LogP contribution in [0.3, 0.4) is 0 Å². The number of rotatable bonds is 5. The molecule has 98 valence electrons. The zero-order chi connectivity index (χ0) is 13.8. The first-order valence-electron chi connectivity index (χ1n) is 5.13. The average molecular weight is 271 g/mol. The van der Waals surface area contributed by atoms with Crippen LogP contribution in [0.2, 0.25) is 0 Å². The minimum absolute atomic E-state index is 0.0106. The molecule has 0 aromatic heterocycles. The fourth-order valence-corrected chi connectivity index (χ4v) is 2.52. The van der Waals surface area contributed by atoms with E-state index >= 15 is 0 Å². The highest BCUT2D eigenvalue weighted by molar-refractivity contribution is 7.91. The topological polar surface area (TPSA) is 101 Å². The number of hydrogen-bond donors (Lipinski definition) is 2. The number of aromatic carboxylic acids is 1. The molecular formula is C11H13NO5S. The average Bonchev–Trinajstić information content (AvgIpc) is 2.36. The Balaban J connectivity index is 2.85. The van der Waals surface area contributed by atoms with E-state index in [4.69, 9.17) is 5.11 Å². The van der Waals surface area contributed by atoms with Crippen LogP contribution in [0.4, 0.5) is 0 Å². The van der Waals surface area contributed by atoms with Gasteiger partial charge in [-0.05, 0) is 24.3 Å². The van der Waals surface area contributed by atoms with Crippen molar-refractivity contribution in [1.29, 1.82) is 0 Å². The van der Waals surface area contributed by atoms with Crippen LogP contribution in [0.1, 0.15) is 16.8 Å². The molecule has 1 amide bonds. The van der Waals surface area contributed by atoms with E-state index in [1.165, 1.54) is 31.3 Å². The number of hydrogen-bond acceptors (Lipinski definition) is 4. The van der Waals surface area contributed by atoms with Gasteiger partial charge in [-0.15, -0.1) is 0 Å². The Bertz CT molecular complexity index is 547. The second kappa shape index (κ2) is 5.63. The molecule has 1 aromatic rings. The van der Waals surface area contributed by atoms with E-state index in [1.54, 1.807) is 0 Å². The van der Waals surface area contributed by atoms with Gasteiger partial charge in [0.15, 0.2) is 9.84 Å². The fourth-order valence-electron chi connectivity index (χ4n) is 1.27. The molecule has 6 nitrogen and oxygen atoms in total. The van der Waals surface area contributed by atoms with Gasteiger partial charge >= 0.3 is 5.97 Å². The first kappa shape index (κ1) is 14.2. The predicted octanol–water partition coefficient (Wildman–Crippen LogP) is 0.295. The minimum Gasteiger partial charge on any atom is -0.478 e. The molecule has 0 fully saturated rings. The van der Waals surface area contributed by atoms with Crippen molar-refractivity contribution in [2.75, 3.05) is 12.8 Å².